The van der Waals surface area contributed by atoms with Gasteiger partial charge >= 0.3 is 0 Å². The van der Waals surface area contributed by atoms with Crippen LogP contribution >= 0.6 is 0 Å². The molecular weight excluding hydrogens is 232 g/mol. The summed E-state index contributed by atoms with van der Waals surface area (Å²) in [5.41, 5.74) is 8.26. The zero-order valence-electron chi connectivity index (χ0n) is 10.1. The second-order valence-electron chi connectivity index (χ2n) is 4.06. The van der Waals surface area contributed by atoms with E-state index in [1.807, 2.05) is 25.1 Å². The Morgan fingerprint density at radius 1 is 1.28 bits per heavy atom. The Labute approximate surface area is 104 Å². The van der Waals surface area contributed by atoms with E-state index in [9.17, 15) is 0 Å². The van der Waals surface area contributed by atoms with Gasteiger partial charge in [-0.1, -0.05) is 18.1 Å². The van der Waals surface area contributed by atoms with Crippen molar-refractivity contribution in [2.45, 2.75) is 13.3 Å². The molecule has 0 atom stereocenters. The summed E-state index contributed by atoms with van der Waals surface area (Å²) in [4.78, 5) is 0. The van der Waals surface area contributed by atoms with Crippen molar-refractivity contribution in [3.8, 4) is 22.8 Å². The van der Waals surface area contributed by atoms with E-state index >= 15 is 0 Å². The Morgan fingerprint density at radius 2 is 2.11 bits per heavy atom. The van der Waals surface area contributed by atoms with Gasteiger partial charge in [0, 0.05) is 5.56 Å². The van der Waals surface area contributed by atoms with Crippen molar-refractivity contribution >= 4 is 5.88 Å². The Kier molecular flexibility index (Phi) is 2.59. The lowest BCUT2D eigenvalue weighted by Crippen LogP contribution is -2.16. The van der Waals surface area contributed by atoms with E-state index in [2.05, 4.69) is 5.16 Å². The zero-order valence-corrected chi connectivity index (χ0v) is 10.1. The first-order chi connectivity index (χ1) is 8.81. The molecule has 5 heteroatoms. The summed E-state index contributed by atoms with van der Waals surface area (Å²) in [6, 6.07) is 5.73. The third-order valence-corrected chi connectivity index (χ3v) is 2.99. The number of rotatable bonds is 2. The van der Waals surface area contributed by atoms with Crippen LogP contribution in [0.25, 0.3) is 11.3 Å². The minimum absolute atomic E-state index is 0.363. The SMILES string of the molecule is CCc1c(-c2cccc3c2OCCO3)noc1N. The van der Waals surface area contributed by atoms with Crippen molar-refractivity contribution in [1.29, 1.82) is 0 Å². The van der Waals surface area contributed by atoms with E-state index < -0.39 is 0 Å². The van der Waals surface area contributed by atoms with Crippen molar-refractivity contribution in [2.75, 3.05) is 18.9 Å². The number of aromatic nitrogens is 1. The molecular formula is C13H14N2O3. The summed E-state index contributed by atoms with van der Waals surface area (Å²) in [7, 11) is 0. The molecule has 0 amide bonds. The maximum atomic E-state index is 5.76. The van der Waals surface area contributed by atoms with Gasteiger partial charge in [-0.3, -0.25) is 0 Å². The van der Waals surface area contributed by atoms with E-state index in [0.29, 0.717) is 24.8 Å². The third-order valence-electron chi connectivity index (χ3n) is 2.99. The minimum atomic E-state index is 0.363. The molecule has 1 aliphatic rings. The zero-order chi connectivity index (χ0) is 12.5. The smallest absolute Gasteiger partial charge is 0.225 e. The van der Waals surface area contributed by atoms with Crippen molar-refractivity contribution < 1.29 is 14.0 Å². The molecule has 2 aromatic rings. The summed E-state index contributed by atoms with van der Waals surface area (Å²) in [6.45, 7) is 3.12. The van der Waals surface area contributed by atoms with Gasteiger partial charge in [0.2, 0.25) is 5.88 Å². The Hall–Kier alpha value is -2.17. The van der Waals surface area contributed by atoms with Gasteiger partial charge in [-0.25, -0.2) is 0 Å². The maximum Gasteiger partial charge on any atom is 0.225 e. The molecule has 5 nitrogen and oxygen atoms in total. The van der Waals surface area contributed by atoms with Gasteiger partial charge in [-0.2, -0.15) is 0 Å². The van der Waals surface area contributed by atoms with E-state index in [1.54, 1.807) is 0 Å². The molecule has 3 rings (SSSR count). The molecule has 0 unspecified atom stereocenters. The van der Waals surface area contributed by atoms with E-state index in [4.69, 9.17) is 19.7 Å². The highest BCUT2D eigenvalue weighted by molar-refractivity contribution is 5.75. The Balaban J connectivity index is 2.17. The van der Waals surface area contributed by atoms with Gasteiger partial charge in [0.05, 0.1) is 5.56 Å². The molecule has 0 fully saturated rings. The second kappa shape index (κ2) is 4.25. The minimum Gasteiger partial charge on any atom is -0.486 e. The van der Waals surface area contributed by atoms with Gasteiger partial charge in [-0.15, -0.1) is 0 Å². The van der Waals surface area contributed by atoms with Crippen LogP contribution in [-0.4, -0.2) is 18.4 Å². The molecule has 1 aromatic heterocycles. The monoisotopic (exact) mass is 246 g/mol. The quantitative estimate of drug-likeness (QED) is 0.880. The van der Waals surface area contributed by atoms with Crippen LogP contribution < -0.4 is 15.2 Å². The number of nitrogen functional groups attached to an aromatic ring is 1. The molecule has 0 radical (unpaired) electrons. The lowest BCUT2D eigenvalue weighted by molar-refractivity contribution is 0.172. The van der Waals surface area contributed by atoms with Crippen LogP contribution in [0.5, 0.6) is 11.5 Å². The first-order valence-corrected chi connectivity index (χ1v) is 5.94. The van der Waals surface area contributed by atoms with Crippen molar-refractivity contribution in [2.24, 2.45) is 0 Å². The largest absolute Gasteiger partial charge is 0.486 e. The molecule has 1 aromatic carbocycles. The maximum absolute atomic E-state index is 5.76. The number of ether oxygens (including phenoxy) is 2. The lowest BCUT2D eigenvalue weighted by Gasteiger charge is -2.20. The predicted octanol–water partition coefficient (Wildman–Crippen LogP) is 2.26. The number of hydrogen-bond donors (Lipinski definition) is 1. The number of fused-ring (bicyclic) bond motifs is 1. The van der Waals surface area contributed by atoms with Crippen molar-refractivity contribution in [3.63, 3.8) is 0 Å². The normalized spacial score (nSPS) is 13.6. The summed E-state index contributed by atoms with van der Waals surface area (Å²) in [5.74, 6) is 1.82. The number of benzene rings is 1. The number of nitrogens with two attached hydrogens (primary N) is 1. The Bertz CT molecular complexity index is 578. The lowest BCUT2D eigenvalue weighted by atomic mass is 10.0. The fourth-order valence-corrected chi connectivity index (χ4v) is 2.14. The number of para-hydroxylation sites is 1. The van der Waals surface area contributed by atoms with Crippen LogP contribution in [0.3, 0.4) is 0 Å². The van der Waals surface area contributed by atoms with E-state index in [-0.39, 0.29) is 0 Å². The highest BCUT2D eigenvalue weighted by atomic mass is 16.6. The van der Waals surface area contributed by atoms with E-state index in [1.165, 1.54) is 0 Å². The molecule has 0 aliphatic carbocycles. The molecule has 2 N–H and O–H groups in total. The van der Waals surface area contributed by atoms with Crippen LogP contribution in [0.2, 0.25) is 0 Å². The molecule has 94 valence electrons. The van der Waals surface area contributed by atoms with Gasteiger partial charge in [0.1, 0.15) is 18.9 Å². The summed E-state index contributed by atoms with van der Waals surface area (Å²) in [5, 5.41) is 4.03. The van der Waals surface area contributed by atoms with Crippen LogP contribution in [-0.2, 0) is 6.42 Å². The molecule has 2 heterocycles. The molecule has 18 heavy (non-hydrogen) atoms. The van der Waals surface area contributed by atoms with Crippen LogP contribution in [0, 0.1) is 0 Å². The Morgan fingerprint density at radius 3 is 2.94 bits per heavy atom. The highest BCUT2D eigenvalue weighted by Crippen LogP contribution is 2.41. The van der Waals surface area contributed by atoms with Crippen molar-refractivity contribution in [1.82, 2.24) is 5.16 Å². The topological polar surface area (TPSA) is 70.5 Å². The standard InChI is InChI=1S/C13H14N2O3/c1-2-8-11(15-18-13(8)14)9-4-3-5-10-12(9)17-7-6-16-10/h3-5H,2,6-7,14H2,1H3. The van der Waals surface area contributed by atoms with Crippen LogP contribution in [0.15, 0.2) is 22.7 Å². The van der Waals surface area contributed by atoms with Crippen LogP contribution in [0.1, 0.15) is 12.5 Å². The summed E-state index contributed by atoms with van der Waals surface area (Å²) >= 11 is 0. The summed E-state index contributed by atoms with van der Waals surface area (Å²) < 4.78 is 16.3. The highest BCUT2D eigenvalue weighted by Gasteiger charge is 2.22. The number of hydrogen-bond acceptors (Lipinski definition) is 5. The molecule has 0 bridgehead atoms. The predicted molar refractivity (Wildman–Crippen MR) is 66.7 cm³/mol. The second-order valence-corrected chi connectivity index (χ2v) is 4.06. The van der Waals surface area contributed by atoms with E-state index in [0.717, 1.165) is 29.0 Å². The first-order valence-electron chi connectivity index (χ1n) is 5.94. The van der Waals surface area contributed by atoms with Gasteiger partial charge < -0.3 is 19.7 Å². The van der Waals surface area contributed by atoms with Gasteiger partial charge in [0.15, 0.2) is 11.5 Å². The average Bonchev–Trinajstić information content (AvgIpc) is 2.79. The van der Waals surface area contributed by atoms with Crippen LogP contribution in [0.4, 0.5) is 5.88 Å². The first kappa shape index (κ1) is 11.0. The van der Waals surface area contributed by atoms with Gasteiger partial charge in [0.25, 0.3) is 0 Å². The molecule has 0 saturated carbocycles. The molecule has 0 saturated heterocycles. The molecule has 0 spiro atoms. The molecule has 1 aliphatic heterocycles. The number of nitrogens with zero attached hydrogens (tertiary/aromatic N) is 1. The summed E-state index contributed by atoms with van der Waals surface area (Å²) in [6.07, 6.45) is 0.759. The van der Waals surface area contributed by atoms with Gasteiger partial charge in [-0.05, 0) is 18.6 Å². The average molecular weight is 246 g/mol. The fourth-order valence-electron chi connectivity index (χ4n) is 2.14. The number of anilines is 1. The van der Waals surface area contributed by atoms with Crippen molar-refractivity contribution in [3.05, 3.63) is 23.8 Å². The fraction of sp³-hybridized carbons (Fsp3) is 0.308. The third kappa shape index (κ3) is 1.59.